The number of likely N-dealkylation sites (tertiary alicyclic amines) is 1. The molecule has 0 radical (unpaired) electrons. The zero-order valence-electron chi connectivity index (χ0n) is 11.2. The van der Waals surface area contributed by atoms with Gasteiger partial charge in [0, 0.05) is 12.0 Å². The molecule has 1 fully saturated rings. The molecule has 1 aliphatic heterocycles. The van der Waals surface area contributed by atoms with E-state index in [0.29, 0.717) is 5.84 Å². The van der Waals surface area contributed by atoms with Crippen LogP contribution in [0.1, 0.15) is 26.7 Å². The SMILES string of the molecule is CN1CCC(CNCCC(C)(C)C(N)=NO)C1. The van der Waals surface area contributed by atoms with Gasteiger partial charge in [0.2, 0.25) is 0 Å². The molecule has 1 atom stereocenters. The van der Waals surface area contributed by atoms with Crippen LogP contribution in [0.3, 0.4) is 0 Å². The maximum atomic E-state index is 8.67. The molecule has 1 saturated heterocycles. The highest BCUT2D eigenvalue weighted by Gasteiger charge is 2.23. The molecule has 0 aromatic rings. The van der Waals surface area contributed by atoms with E-state index in [2.05, 4.69) is 22.4 Å². The van der Waals surface area contributed by atoms with Crippen LogP contribution in [0.4, 0.5) is 0 Å². The van der Waals surface area contributed by atoms with Crippen LogP contribution in [0, 0.1) is 11.3 Å². The lowest BCUT2D eigenvalue weighted by Crippen LogP contribution is -2.36. The second-order valence-electron chi connectivity index (χ2n) is 5.74. The molecule has 0 aliphatic carbocycles. The summed E-state index contributed by atoms with van der Waals surface area (Å²) in [6.45, 7) is 8.36. The van der Waals surface area contributed by atoms with Crippen molar-refractivity contribution in [3.05, 3.63) is 0 Å². The van der Waals surface area contributed by atoms with E-state index in [4.69, 9.17) is 10.9 Å². The van der Waals surface area contributed by atoms with Crippen LogP contribution in [0.15, 0.2) is 5.16 Å². The van der Waals surface area contributed by atoms with E-state index in [1.165, 1.54) is 19.5 Å². The molecule has 0 aromatic carbocycles. The monoisotopic (exact) mass is 242 g/mol. The summed E-state index contributed by atoms with van der Waals surface area (Å²) in [6, 6.07) is 0. The van der Waals surface area contributed by atoms with Crippen LogP contribution < -0.4 is 11.1 Å². The molecule has 100 valence electrons. The van der Waals surface area contributed by atoms with Crippen molar-refractivity contribution in [2.75, 3.05) is 33.2 Å². The van der Waals surface area contributed by atoms with Crippen LogP contribution in [0.2, 0.25) is 0 Å². The Morgan fingerprint density at radius 1 is 1.59 bits per heavy atom. The Bertz CT molecular complexity index is 265. The van der Waals surface area contributed by atoms with Gasteiger partial charge < -0.3 is 21.2 Å². The molecule has 1 rings (SSSR count). The Labute approximate surface area is 104 Å². The van der Waals surface area contributed by atoms with Crippen molar-refractivity contribution < 1.29 is 5.21 Å². The zero-order chi connectivity index (χ0) is 12.9. The number of nitrogens with one attached hydrogen (secondary N) is 1. The number of oxime groups is 1. The second kappa shape index (κ2) is 6.21. The van der Waals surface area contributed by atoms with E-state index in [9.17, 15) is 0 Å². The Kier molecular flexibility index (Phi) is 5.21. The quantitative estimate of drug-likeness (QED) is 0.211. The maximum Gasteiger partial charge on any atom is 0.144 e. The van der Waals surface area contributed by atoms with E-state index >= 15 is 0 Å². The predicted octanol–water partition coefficient (Wildman–Crippen LogP) is 0.690. The first-order chi connectivity index (χ1) is 7.95. The number of nitrogens with zero attached hydrogens (tertiary/aromatic N) is 2. The van der Waals surface area contributed by atoms with Gasteiger partial charge in [-0.2, -0.15) is 0 Å². The first kappa shape index (κ1) is 14.3. The van der Waals surface area contributed by atoms with Crippen LogP contribution in [-0.4, -0.2) is 49.2 Å². The van der Waals surface area contributed by atoms with Gasteiger partial charge in [0.05, 0.1) is 0 Å². The van der Waals surface area contributed by atoms with Gasteiger partial charge in [0.15, 0.2) is 0 Å². The normalized spacial score (nSPS) is 23.2. The van der Waals surface area contributed by atoms with Gasteiger partial charge in [-0.1, -0.05) is 19.0 Å². The van der Waals surface area contributed by atoms with E-state index in [1.807, 2.05) is 13.8 Å². The smallest absolute Gasteiger partial charge is 0.144 e. The van der Waals surface area contributed by atoms with Crippen molar-refractivity contribution >= 4 is 5.84 Å². The summed E-state index contributed by atoms with van der Waals surface area (Å²) in [5.41, 5.74) is 5.40. The van der Waals surface area contributed by atoms with Crippen molar-refractivity contribution in [2.24, 2.45) is 22.2 Å². The number of nitrogens with two attached hydrogens (primary N) is 1. The number of amidine groups is 1. The first-order valence-corrected chi connectivity index (χ1v) is 6.33. The summed E-state index contributed by atoms with van der Waals surface area (Å²) in [5.74, 6) is 1.08. The van der Waals surface area contributed by atoms with E-state index in [0.717, 1.165) is 25.4 Å². The molecule has 1 aliphatic rings. The number of hydrogen-bond acceptors (Lipinski definition) is 4. The Morgan fingerprint density at radius 3 is 2.82 bits per heavy atom. The minimum Gasteiger partial charge on any atom is -0.409 e. The Morgan fingerprint density at radius 2 is 2.29 bits per heavy atom. The molecule has 5 nitrogen and oxygen atoms in total. The summed E-state index contributed by atoms with van der Waals surface area (Å²) in [6.07, 6.45) is 2.17. The van der Waals surface area contributed by atoms with Gasteiger partial charge >= 0.3 is 0 Å². The Balaban J connectivity index is 2.16. The summed E-state index contributed by atoms with van der Waals surface area (Å²) >= 11 is 0. The molecule has 0 saturated carbocycles. The summed E-state index contributed by atoms with van der Waals surface area (Å²) in [7, 11) is 2.17. The zero-order valence-corrected chi connectivity index (χ0v) is 11.2. The van der Waals surface area contributed by atoms with Gasteiger partial charge in [-0.15, -0.1) is 0 Å². The van der Waals surface area contributed by atoms with Gasteiger partial charge in [-0.05, 0) is 45.4 Å². The molecule has 1 heterocycles. The predicted molar refractivity (Wildman–Crippen MR) is 70.3 cm³/mol. The first-order valence-electron chi connectivity index (χ1n) is 6.33. The van der Waals surface area contributed by atoms with Gasteiger partial charge in [0.25, 0.3) is 0 Å². The van der Waals surface area contributed by atoms with Crippen molar-refractivity contribution in [3.63, 3.8) is 0 Å². The molecule has 4 N–H and O–H groups in total. The summed E-state index contributed by atoms with van der Waals surface area (Å²) in [5, 5.41) is 15.2. The lowest BCUT2D eigenvalue weighted by Gasteiger charge is -2.23. The molecule has 5 heteroatoms. The largest absolute Gasteiger partial charge is 0.409 e. The van der Waals surface area contributed by atoms with E-state index < -0.39 is 0 Å². The molecule has 1 unspecified atom stereocenters. The number of rotatable bonds is 6. The molecule has 17 heavy (non-hydrogen) atoms. The minimum absolute atomic E-state index is 0.242. The minimum atomic E-state index is -0.242. The van der Waals surface area contributed by atoms with Crippen molar-refractivity contribution in [2.45, 2.75) is 26.7 Å². The molecular formula is C12H26N4O. The van der Waals surface area contributed by atoms with Crippen molar-refractivity contribution in [3.8, 4) is 0 Å². The number of hydrogen-bond donors (Lipinski definition) is 3. The third-order valence-corrected chi connectivity index (χ3v) is 3.65. The average Bonchev–Trinajstić information content (AvgIpc) is 2.69. The van der Waals surface area contributed by atoms with Crippen molar-refractivity contribution in [1.82, 2.24) is 10.2 Å². The molecule has 0 bridgehead atoms. The van der Waals surface area contributed by atoms with Crippen LogP contribution in [0.5, 0.6) is 0 Å². The fourth-order valence-electron chi connectivity index (χ4n) is 2.16. The van der Waals surface area contributed by atoms with Crippen LogP contribution in [-0.2, 0) is 0 Å². The Hall–Kier alpha value is -0.810. The lowest BCUT2D eigenvalue weighted by atomic mass is 9.88. The highest BCUT2D eigenvalue weighted by atomic mass is 16.4. The van der Waals surface area contributed by atoms with Crippen LogP contribution in [0.25, 0.3) is 0 Å². The molecule has 0 aromatic heterocycles. The second-order valence-corrected chi connectivity index (χ2v) is 5.74. The molecule has 0 amide bonds. The van der Waals surface area contributed by atoms with E-state index in [-0.39, 0.29) is 5.41 Å². The van der Waals surface area contributed by atoms with E-state index in [1.54, 1.807) is 0 Å². The topological polar surface area (TPSA) is 73.9 Å². The summed E-state index contributed by atoms with van der Waals surface area (Å²) < 4.78 is 0. The van der Waals surface area contributed by atoms with Crippen LogP contribution >= 0.6 is 0 Å². The molecule has 0 spiro atoms. The highest BCUT2D eigenvalue weighted by molar-refractivity contribution is 5.85. The summed E-state index contributed by atoms with van der Waals surface area (Å²) in [4.78, 5) is 2.37. The van der Waals surface area contributed by atoms with Gasteiger partial charge in [0.1, 0.15) is 5.84 Å². The fourth-order valence-corrected chi connectivity index (χ4v) is 2.16. The average molecular weight is 242 g/mol. The van der Waals surface area contributed by atoms with Gasteiger partial charge in [-0.3, -0.25) is 0 Å². The fraction of sp³-hybridized carbons (Fsp3) is 0.917. The third-order valence-electron chi connectivity index (χ3n) is 3.65. The maximum absolute atomic E-state index is 8.67. The standard InChI is InChI=1S/C12H26N4O/c1-12(2,11(13)15-17)5-6-14-8-10-4-7-16(3)9-10/h10,14,17H,4-9H2,1-3H3,(H2,13,15). The van der Waals surface area contributed by atoms with Crippen molar-refractivity contribution in [1.29, 1.82) is 0 Å². The lowest BCUT2D eigenvalue weighted by molar-refractivity contribution is 0.304. The molecular weight excluding hydrogens is 216 g/mol. The highest BCUT2D eigenvalue weighted by Crippen LogP contribution is 2.19. The van der Waals surface area contributed by atoms with Gasteiger partial charge in [-0.25, -0.2) is 0 Å². The third kappa shape index (κ3) is 4.52.